The average Bonchev–Trinajstić information content (AvgIpc) is 3.25. The minimum atomic E-state index is -0.302. The van der Waals surface area contributed by atoms with E-state index in [4.69, 9.17) is 11.6 Å². The van der Waals surface area contributed by atoms with E-state index in [0.717, 1.165) is 37.2 Å². The number of benzene rings is 1. The molecule has 1 aliphatic carbocycles. The first-order chi connectivity index (χ1) is 14.6. The summed E-state index contributed by atoms with van der Waals surface area (Å²) >= 11 is 7.26. The number of piperidine rings is 1. The lowest BCUT2D eigenvalue weighted by Gasteiger charge is -2.33. The molecule has 1 aliphatic heterocycles. The highest BCUT2D eigenvalue weighted by Gasteiger charge is 2.29. The maximum absolute atomic E-state index is 12.7. The van der Waals surface area contributed by atoms with Crippen LogP contribution in [0.4, 0.5) is 10.5 Å². The van der Waals surface area contributed by atoms with Crippen LogP contribution in [0, 0.1) is 0 Å². The summed E-state index contributed by atoms with van der Waals surface area (Å²) in [5.41, 5.74) is 0.618. The zero-order valence-corrected chi connectivity index (χ0v) is 18.3. The number of nitrogens with zero attached hydrogens (tertiary/aromatic N) is 3. The topological polar surface area (TPSA) is 87.2 Å². The van der Waals surface area contributed by atoms with E-state index < -0.39 is 0 Å². The van der Waals surface area contributed by atoms with Crippen molar-refractivity contribution in [2.75, 3.05) is 18.4 Å². The summed E-state index contributed by atoms with van der Waals surface area (Å²) in [6, 6.07) is 7.31. The lowest BCUT2D eigenvalue weighted by atomic mass is 9.95. The second-order valence-corrected chi connectivity index (χ2v) is 9.43. The summed E-state index contributed by atoms with van der Waals surface area (Å²) in [6.07, 6.45) is 7.67. The van der Waals surface area contributed by atoms with Crippen molar-refractivity contribution in [2.45, 2.75) is 56.9 Å². The summed E-state index contributed by atoms with van der Waals surface area (Å²) in [4.78, 5) is 27.1. The van der Waals surface area contributed by atoms with Crippen molar-refractivity contribution in [3.05, 3.63) is 39.3 Å². The van der Waals surface area contributed by atoms with Crippen LogP contribution in [0.25, 0.3) is 0 Å². The van der Waals surface area contributed by atoms with Crippen LogP contribution in [0.15, 0.2) is 24.3 Å². The number of hydrogen-bond acceptors (Lipinski definition) is 5. The third-order valence-corrected chi connectivity index (χ3v) is 7.03. The number of rotatable bonds is 4. The van der Waals surface area contributed by atoms with Gasteiger partial charge in [-0.1, -0.05) is 48.3 Å². The van der Waals surface area contributed by atoms with Gasteiger partial charge in [0.25, 0.3) is 5.91 Å². The minimum Gasteiger partial charge on any atom is -0.335 e. The van der Waals surface area contributed by atoms with E-state index in [2.05, 4.69) is 20.8 Å². The van der Waals surface area contributed by atoms with E-state index in [0.29, 0.717) is 28.3 Å². The first-order valence-corrected chi connectivity index (χ1v) is 11.7. The third kappa shape index (κ3) is 5.29. The second-order valence-electron chi connectivity index (χ2n) is 7.98. The van der Waals surface area contributed by atoms with Crippen molar-refractivity contribution in [3.63, 3.8) is 0 Å². The summed E-state index contributed by atoms with van der Waals surface area (Å²) in [5, 5.41) is 16.0. The highest BCUT2D eigenvalue weighted by molar-refractivity contribution is 7.13. The number of aromatic nitrogens is 2. The second kappa shape index (κ2) is 9.75. The molecule has 2 aromatic rings. The Kier molecular flexibility index (Phi) is 6.84. The van der Waals surface area contributed by atoms with E-state index in [1.54, 1.807) is 24.3 Å². The number of likely N-dealkylation sites (tertiary alicyclic amines) is 1. The van der Waals surface area contributed by atoms with Crippen molar-refractivity contribution in [2.24, 2.45) is 0 Å². The molecule has 1 unspecified atom stereocenters. The van der Waals surface area contributed by atoms with E-state index in [1.165, 1.54) is 30.6 Å². The predicted molar refractivity (Wildman–Crippen MR) is 118 cm³/mol. The Morgan fingerprint density at radius 3 is 2.73 bits per heavy atom. The van der Waals surface area contributed by atoms with Crippen molar-refractivity contribution in [3.8, 4) is 0 Å². The van der Waals surface area contributed by atoms with E-state index in [9.17, 15) is 9.59 Å². The third-order valence-electron chi connectivity index (χ3n) is 5.71. The molecular weight excluding hydrogens is 422 g/mol. The number of anilines is 1. The van der Waals surface area contributed by atoms with Crippen LogP contribution >= 0.6 is 22.9 Å². The molecule has 160 valence electrons. The Hall–Kier alpha value is -2.19. The fourth-order valence-corrected chi connectivity index (χ4v) is 5.17. The molecule has 7 nitrogen and oxygen atoms in total. The van der Waals surface area contributed by atoms with Gasteiger partial charge in [-0.05, 0) is 43.9 Å². The average molecular weight is 448 g/mol. The zero-order valence-electron chi connectivity index (χ0n) is 16.8. The molecule has 2 aliphatic rings. The van der Waals surface area contributed by atoms with Crippen LogP contribution in [0.5, 0.6) is 0 Å². The normalized spacial score (nSPS) is 20.0. The van der Waals surface area contributed by atoms with Crippen LogP contribution in [0.2, 0.25) is 5.02 Å². The van der Waals surface area contributed by atoms with Gasteiger partial charge in [-0.2, -0.15) is 0 Å². The monoisotopic (exact) mass is 447 g/mol. The van der Waals surface area contributed by atoms with Gasteiger partial charge in [0.2, 0.25) is 5.01 Å². The Morgan fingerprint density at radius 2 is 1.93 bits per heavy atom. The summed E-state index contributed by atoms with van der Waals surface area (Å²) in [6.45, 7) is 1.37. The number of carbonyl (C=O) groups is 2. The van der Waals surface area contributed by atoms with Crippen molar-refractivity contribution in [1.82, 2.24) is 20.4 Å². The molecule has 2 heterocycles. The van der Waals surface area contributed by atoms with Gasteiger partial charge in [-0.25, -0.2) is 4.79 Å². The molecule has 2 N–H and O–H groups in total. The van der Waals surface area contributed by atoms with Gasteiger partial charge in [-0.15, -0.1) is 10.2 Å². The molecule has 4 rings (SSSR count). The Morgan fingerprint density at radius 1 is 1.10 bits per heavy atom. The van der Waals surface area contributed by atoms with Gasteiger partial charge in [0, 0.05) is 35.8 Å². The van der Waals surface area contributed by atoms with Crippen LogP contribution in [-0.2, 0) is 0 Å². The molecule has 1 saturated heterocycles. The molecule has 2 fully saturated rings. The summed E-state index contributed by atoms with van der Waals surface area (Å²) in [7, 11) is 0. The number of halogens is 1. The largest absolute Gasteiger partial charge is 0.335 e. The number of hydrogen-bond donors (Lipinski definition) is 2. The molecule has 0 radical (unpaired) electrons. The first kappa shape index (κ1) is 21.1. The highest BCUT2D eigenvalue weighted by Crippen LogP contribution is 2.30. The highest BCUT2D eigenvalue weighted by atomic mass is 35.5. The maximum Gasteiger partial charge on any atom is 0.317 e. The van der Waals surface area contributed by atoms with Crippen LogP contribution in [0.3, 0.4) is 0 Å². The molecule has 0 bridgehead atoms. The quantitative estimate of drug-likeness (QED) is 0.713. The standard InChI is InChI=1S/C21H26ClN5O2S/c22-15-7-4-10-17(12-15)23-18(28)20-26-25-19(30-20)14-6-5-11-27(13-14)21(29)24-16-8-2-1-3-9-16/h4,7,10,12,14,16H,1-3,5-6,8-9,11,13H2,(H,23,28)(H,24,29). The molecule has 1 aromatic carbocycles. The maximum atomic E-state index is 12.7. The predicted octanol–water partition coefficient (Wildman–Crippen LogP) is 4.67. The Balaban J connectivity index is 1.35. The summed E-state index contributed by atoms with van der Waals surface area (Å²) < 4.78 is 0. The van der Waals surface area contributed by atoms with Crippen molar-refractivity contribution < 1.29 is 9.59 Å². The van der Waals surface area contributed by atoms with E-state index in [1.807, 2.05) is 4.90 Å². The Labute approximate surface area is 185 Å². The number of urea groups is 1. The Bertz CT molecular complexity index is 899. The van der Waals surface area contributed by atoms with Crippen LogP contribution < -0.4 is 10.6 Å². The lowest BCUT2D eigenvalue weighted by Crippen LogP contribution is -2.48. The molecule has 9 heteroatoms. The van der Waals surface area contributed by atoms with Gasteiger partial charge in [-0.3, -0.25) is 4.79 Å². The molecule has 1 saturated carbocycles. The first-order valence-electron chi connectivity index (χ1n) is 10.5. The lowest BCUT2D eigenvalue weighted by molar-refractivity contribution is 0.102. The minimum absolute atomic E-state index is 0.0232. The van der Waals surface area contributed by atoms with Crippen LogP contribution in [0.1, 0.15) is 65.7 Å². The van der Waals surface area contributed by atoms with Gasteiger partial charge >= 0.3 is 6.03 Å². The van der Waals surface area contributed by atoms with Crippen LogP contribution in [-0.4, -0.2) is 46.2 Å². The fourth-order valence-electron chi connectivity index (χ4n) is 4.12. The van der Waals surface area contributed by atoms with E-state index >= 15 is 0 Å². The van der Waals surface area contributed by atoms with E-state index in [-0.39, 0.29) is 17.9 Å². The summed E-state index contributed by atoms with van der Waals surface area (Å²) in [5.74, 6) is -0.190. The van der Waals surface area contributed by atoms with Gasteiger partial charge in [0.15, 0.2) is 0 Å². The molecule has 30 heavy (non-hydrogen) atoms. The smallest absolute Gasteiger partial charge is 0.317 e. The van der Waals surface area contributed by atoms with Crippen molar-refractivity contribution in [1.29, 1.82) is 0 Å². The zero-order chi connectivity index (χ0) is 20.9. The molecule has 3 amide bonds. The number of nitrogens with one attached hydrogen (secondary N) is 2. The fraction of sp³-hybridized carbons (Fsp3) is 0.524. The van der Waals surface area contributed by atoms with Crippen molar-refractivity contribution >= 4 is 40.6 Å². The van der Waals surface area contributed by atoms with Gasteiger partial charge in [0.05, 0.1) is 0 Å². The molecular formula is C21H26ClN5O2S. The molecule has 1 atom stereocenters. The molecule has 1 aromatic heterocycles. The number of carbonyl (C=O) groups excluding carboxylic acids is 2. The number of amides is 3. The van der Waals surface area contributed by atoms with Gasteiger partial charge < -0.3 is 15.5 Å². The SMILES string of the molecule is O=C(Nc1cccc(Cl)c1)c1nnc(C2CCCN(C(=O)NC3CCCCC3)C2)s1. The molecule has 0 spiro atoms. The van der Waals surface area contributed by atoms with Gasteiger partial charge in [0.1, 0.15) is 5.01 Å².